The molecule has 2 aliphatic carbocycles. The molecule has 0 fully saturated rings. The number of allylic oxidation sites excluding steroid dienone is 8. The molecule has 0 saturated carbocycles. The normalized spacial score (nSPS) is 16.7. The third kappa shape index (κ3) is 4.30. The van der Waals surface area contributed by atoms with Crippen molar-refractivity contribution in [2.75, 3.05) is 0 Å². The van der Waals surface area contributed by atoms with E-state index in [9.17, 15) is 0 Å². The Bertz CT molecular complexity index is 518. The molecule has 0 aromatic heterocycles. The van der Waals surface area contributed by atoms with Crippen LogP contribution in [-0.2, 0) is 20.4 Å². The fourth-order valence-corrected chi connectivity index (χ4v) is 21.6. The first kappa shape index (κ1) is 19.6. The summed E-state index contributed by atoms with van der Waals surface area (Å²) < 4.78 is 3.80. The van der Waals surface area contributed by atoms with Crippen LogP contribution in [0, 0.1) is 0 Å². The van der Waals surface area contributed by atoms with Crippen LogP contribution in [-0.4, -0.2) is 5.43 Å². The van der Waals surface area contributed by atoms with Crippen molar-refractivity contribution in [1.82, 2.24) is 0 Å². The Morgan fingerprint density at radius 1 is 1.00 bits per heavy atom. The van der Waals surface area contributed by atoms with Gasteiger partial charge in [-0.1, -0.05) is 0 Å². The zero-order chi connectivity index (χ0) is 12.6. The second kappa shape index (κ2) is 8.17. The van der Waals surface area contributed by atoms with Crippen LogP contribution in [0.2, 0.25) is 13.1 Å². The molecule has 0 atom stereocenters. The van der Waals surface area contributed by atoms with Gasteiger partial charge in [0.2, 0.25) is 0 Å². The van der Waals surface area contributed by atoms with Crippen LogP contribution in [0.3, 0.4) is 0 Å². The molecule has 0 spiro atoms. The largest absolute Gasteiger partial charge is 1.00 e. The van der Waals surface area contributed by atoms with Crippen molar-refractivity contribution >= 4 is 5.43 Å². The van der Waals surface area contributed by atoms with Gasteiger partial charge >= 0.3 is 114 Å². The average molecular weight is 393 g/mol. The molecule has 0 aliphatic heterocycles. The van der Waals surface area contributed by atoms with E-state index < -0.39 is 20.4 Å². The second-order valence-corrected chi connectivity index (χ2v) is 22.6. The minimum absolute atomic E-state index is 0. The SMILES string of the molecule is CC1=CC(C)=[C]([Zr+2]([C]2=C(C)C=CC2)=[Si](C)C)C1.[Cl-].[Cl-]. The smallest absolute Gasteiger partial charge is 1.00 e. The van der Waals surface area contributed by atoms with E-state index in [1.165, 1.54) is 12.8 Å². The Kier molecular flexibility index (Phi) is 8.45. The molecule has 2 aliphatic rings. The van der Waals surface area contributed by atoms with Crippen molar-refractivity contribution in [1.29, 1.82) is 0 Å². The van der Waals surface area contributed by atoms with Crippen molar-refractivity contribution in [2.45, 2.75) is 46.7 Å². The number of hydrogen-bond donors (Lipinski definition) is 0. The van der Waals surface area contributed by atoms with Gasteiger partial charge in [-0.05, 0) is 0 Å². The summed E-state index contributed by atoms with van der Waals surface area (Å²) >= 11 is -1.47. The molecule has 104 valence electrons. The molecule has 0 heterocycles. The van der Waals surface area contributed by atoms with Gasteiger partial charge in [-0.25, -0.2) is 0 Å². The van der Waals surface area contributed by atoms with Crippen molar-refractivity contribution in [3.63, 3.8) is 0 Å². The van der Waals surface area contributed by atoms with Crippen LogP contribution in [0.1, 0.15) is 33.6 Å². The van der Waals surface area contributed by atoms with E-state index >= 15 is 0 Å². The van der Waals surface area contributed by atoms with E-state index in [1.54, 1.807) is 16.7 Å². The summed E-state index contributed by atoms with van der Waals surface area (Å²) in [7, 11) is 0. The summed E-state index contributed by atoms with van der Waals surface area (Å²) in [5.41, 5.74) is 4.69. The zero-order valence-corrected chi connectivity index (χ0v) is 17.4. The standard InChI is InChI=1S/C7H9.C6H7.C2H6Si.2ClH.Zr/c1-6-3-4-7(2)5-6;1-6-4-2-3-5-6;1-3-2;;;/h5H,3H2,1-2H3;2,4H,3H2,1H3;1-2H3;2*1H;/q;;;;;+2/p-2. The summed E-state index contributed by atoms with van der Waals surface area (Å²) in [4.78, 5) is 0. The van der Waals surface area contributed by atoms with Gasteiger partial charge in [-0.3, -0.25) is 0 Å². The van der Waals surface area contributed by atoms with Gasteiger partial charge in [-0.15, -0.1) is 0 Å². The fraction of sp³-hybridized carbons (Fsp3) is 0.467. The number of halogens is 2. The molecule has 0 bridgehead atoms. The Morgan fingerprint density at radius 3 is 2.00 bits per heavy atom. The van der Waals surface area contributed by atoms with Crippen molar-refractivity contribution in [2.24, 2.45) is 0 Å². The molecule has 0 saturated heterocycles. The first-order valence-corrected chi connectivity index (χ1v) is 15.1. The van der Waals surface area contributed by atoms with E-state index in [0.29, 0.717) is 0 Å². The predicted molar refractivity (Wildman–Crippen MR) is 75.0 cm³/mol. The maximum Gasteiger partial charge on any atom is -1.00 e. The van der Waals surface area contributed by atoms with Gasteiger partial charge in [0, 0.05) is 0 Å². The summed E-state index contributed by atoms with van der Waals surface area (Å²) in [6, 6.07) is 0. The second-order valence-electron chi connectivity index (χ2n) is 5.47. The van der Waals surface area contributed by atoms with E-state index in [2.05, 4.69) is 52.1 Å². The van der Waals surface area contributed by atoms with Crippen LogP contribution in [0.15, 0.2) is 41.5 Å². The maximum absolute atomic E-state index is 2.55. The third-order valence-electron chi connectivity index (χ3n) is 3.66. The summed E-state index contributed by atoms with van der Waals surface area (Å²) in [5, 5.41) is 0. The monoisotopic (exact) mass is 390 g/mol. The predicted octanol–water partition coefficient (Wildman–Crippen LogP) is -1.28. The molecule has 0 unspecified atom stereocenters. The Morgan fingerprint density at radius 2 is 1.63 bits per heavy atom. The Labute approximate surface area is 138 Å². The molecular formula is C15H22Cl2SiZr. The van der Waals surface area contributed by atoms with Gasteiger partial charge in [-0.2, -0.15) is 0 Å². The van der Waals surface area contributed by atoms with Crippen molar-refractivity contribution < 1.29 is 45.2 Å². The van der Waals surface area contributed by atoms with E-state index in [1.807, 2.05) is 6.56 Å². The Balaban J connectivity index is 0.00000162. The van der Waals surface area contributed by atoms with Gasteiger partial charge in [0.25, 0.3) is 0 Å². The van der Waals surface area contributed by atoms with E-state index in [0.717, 1.165) is 0 Å². The minimum atomic E-state index is -1.47. The number of hydrogen-bond acceptors (Lipinski definition) is 0. The maximum atomic E-state index is 2.55. The fourth-order valence-electron chi connectivity index (χ4n) is 2.91. The van der Waals surface area contributed by atoms with E-state index in [-0.39, 0.29) is 30.2 Å². The first-order valence-electron chi connectivity index (χ1n) is 6.42. The molecular weight excluding hydrogens is 370 g/mol. The molecule has 4 heteroatoms. The van der Waals surface area contributed by atoms with E-state index in [4.69, 9.17) is 0 Å². The molecule has 0 nitrogen and oxygen atoms in total. The number of rotatable bonds is 2. The molecule has 2 rings (SSSR count). The van der Waals surface area contributed by atoms with Crippen LogP contribution in [0.5, 0.6) is 0 Å². The van der Waals surface area contributed by atoms with Gasteiger partial charge in [0.05, 0.1) is 0 Å². The van der Waals surface area contributed by atoms with Crippen LogP contribution >= 0.6 is 0 Å². The zero-order valence-electron chi connectivity index (χ0n) is 12.4. The van der Waals surface area contributed by atoms with Crippen molar-refractivity contribution in [3.05, 3.63) is 41.5 Å². The van der Waals surface area contributed by atoms with Gasteiger partial charge in [0.1, 0.15) is 0 Å². The summed E-state index contributed by atoms with van der Waals surface area (Å²) in [6.45, 7) is 12.1. The summed E-state index contributed by atoms with van der Waals surface area (Å²) in [5.74, 6) is 0. The summed E-state index contributed by atoms with van der Waals surface area (Å²) in [6.07, 6.45) is 9.73. The first-order chi connectivity index (χ1) is 8.00. The molecule has 0 radical (unpaired) electrons. The molecule has 0 aromatic rings. The molecule has 0 N–H and O–H groups in total. The van der Waals surface area contributed by atoms with Crippen LogP contribution in [0.25, 0.3) is 0 Å². The minimum Gasteiger partial charge on any atom is -1.00 e. The average Bonchev–Trinajstić information content (AvgIpc) is 2.75. The van der Waals surface area contributed by atoms with Crippen LogP contribution in [0.4, 0.5) is 0 Å². The van der Waals surface area contributed by atoms with Crippen molar-refractivity contribution in [3.8, 4) is 0 Å². The van der Waals surface area contributed by atoms with Gasteiger partial charge < -0.3 is 24.8 Å². The topological polar surface area (TPSA) is 0 Å². The molecule has 19 heavy (non-hydrogen) atoms. The van der Waals surface area contributed by atoms with Gasteiger partial charge in [0.15, 0.2) is 0 Å². The van der Waals surface area contributed by atoms with Crippen LogP contribution < -0.4 is 24.8 Å². The Hall–Kier alpha value is 0.640. The molecule has 0 amide bonds. The molecule has 0 aromatic carbocycles. The quantitative estimate of drug-likeness (QED) is 0.514. The third-order valence-corrected chi connectivity index (χ3v) is 21.5.